The Balaban J connectivity index is 1.96. The number of phosphoric acid groups is 2. The molecule has 0 aromatic carbocycles. The molecule has 6 unspecified atom stereocenters. The maximum absolute atomic E-state index is 12.0. The minimum atomic E-state index is -5.13. The first kappa shape index (κ1) is 26.0. The van der Waals surface area contributed by atoms with Crippen LogP contribution in [0.25, 0.3) is 0 Å². The van der Waals surface area contributed by atoms with Crippen molar-refractivity contribution in [3.63, 3.8) is 0 Å². The normalized spacial score (nSPS) is 28.2. The number of H-pyrrole nitrogens is 1. The van der Waals surface area contributed by atoms with Crippen LogP contribution in [-0.4, -0.2) is 93.2 Å². The van der Waals surface area contributed by atoms with E-state index in [2.05, 4.69) is 13.4 Å². The Morgan fingerprint density at radius 2 is 1.74 bits per heavy atom. The smallest absolute Gasteiger partial charge is 0.387 e. The molecule has 0 bridgehead atoms. The molecule has 0 saturated carbocycles. The van der Waals surface area contributed by atoms with E-state index in [1.807, 2.05) is 4.98 Å². The number of rotatable bonds is 10. The predicted octanol–water partition coefficient (Wildman–Crippen LogP) is -1.89. The molecule has 1 aliphatic heterocycles. The molecule has 17 heteroatoms. The van der Waals surface area contributed by atoms with E-state index in [-0.39, 0.29) is 6.61 Å². The molecule has 31 heavy (non-hydrogen) atoms. The highest BCUT2D eigenvalue weighted by Crippen LogP contribution is 2.60. The number of ether oxygens (including phenoxy) is 1. The second kappa shape index (κ2) is 9.73. The van der Waals surface area contributed by atoms with Crippen molar-refractivity contribution in [3.05, 3.63) is 33.1 Å². The minimum Gasteiger partial charge on any atom is -0.387 e. The van der Waals surface area contributed by atoms with E-state index in [0.29, 0.717) is 11.0 Å². The molecule has 6 atom stereocenters. The lowest BCUT2D eigenvalue weighted by Crippen LogP contribution is -2.37. The summed E-state index contributed by atoms with van der Waals surface area (Å²) in [6, 6.07) is 0.987. The van der Waals surface area contributed by atoms with Gasteiger partial charge in [-0.25, -0.2) is 13.9 Å². The van der Waals surface area contributed by atoms with Gasteiger partial charge in [-0.15, -0.1) is 0 Å². The van der Waals surface area contributed by atoms with Crippen LogP contribution in [-0.2, 0) is 27.2 Å². The molecule has 1 aromatic heterocycles. The molecule has 0 aliphatic carbocycles. The van der Waals surface area contributed by atoms with Crippen molar-refractivity contribution in [1.82, 2.24) is 9.55 Å². The highest BCUT2D eigenvalue weighted by Gasteiger charge is 2.46. The van der Waals surface area contributed by atoms with Crippen LogP contribution in [0, 0.1) is 0 Å². The summed E-state index contributed by atoms with van der Waals surface area (Å²) in [6.45, 7) is -0.793. The van der Waals surface area contributed by atoms with Gasteiger partial charge in [-0.05, 0) is 0 Å². The molecule has 2 heterocycles. The van der Waals surface area contributed by atoms with Crippen LogP contribution < -0.4 is 11.2 Å². The van der Waals surface area contributed by atoms with Crippen LogP contribution >= 0.6 is 15.6 Å². The zero-order chi connectivity index (χ0) is 23.6. The number of quaternary nitrogens is 1. The summed E-state index contributed by atoms with van der Waals surface area (Å²) < 4.78 is 43.7. The van der Waals surface area contributed by atoms with Crippen LogP contribution in [0.4, 0.5) is 0 Å². The lowest BCUT2D eigenvalue weighted by atomic mass is 10.1. The third kappa shape index (κ3) is 7.70. The van der Waals surface area contributed by atoms with Crippen LogP contribution in [0.15, 0.2) is 21.9 Å². The van der Waals surface area contributed by atoms with Gasteiger partial charge in [0.05, 0.1) is 27.7 Å². The maximum Gasteiger partial charge on any atom is 0.481 e. The second-order valence-electron chi connectivity index (χ2n) is 7.73. The predicted molar refractivity (Wildman–Crippen MR) is 103 cm³/mol. The summed E-state index contributed by atoms with van der Waals surface area (Å²) in [5.74, 6) is 0. The van der Waals surface area contributed by atoms with Gasteiger partial charge in [-0.1, -0.05) is 0 Å². The summed E-state index contributed by atoms with van der Waals surface area (Å²) in [7, 11) is -4.69. The molecule has 5 N–H and O–H groups in total. The third-order valence-electron chi connectivity index (χ3n) is 4.09. The zero-order valence-corrected chi connectivity index (χ0v) is 18.7. The zero-order valence-electron chi connectivity index (χ0n) is 16.9. The Kier molecular flexibility index (Phi) is 8.17. The highest BCUT2D eigenvalue weighted by molar-refractivity contribution is 7.61. The lowest BCUT2D eigenvalue weighted by molar-refractivity contribution is -0.870. The number of aliphatic hydroxyl groups is 2. The van der Waals surface area contributed by atoms with Gasteiger partial charge < -0.3 is 29.2 Å². The van der Waals surface area contributed by atoms with Crippen molar-refractivity contribution in [2.24, 2.45) is 0 Å². The average Bonchev–Trinajstić information content (AvgIpc) is 2.86. The van der Waals surface area contributed by atoms with Gasteiger partial charge in [0.25, 0.3) is 5.56 Å². The summed E-state index contributed by atoms with van der Waals surface area (Å²) in [6.07, 6.45) is -5.14. The van der Waals surface area contributed by atoms with Crippen molar-refractivity contribution >= 4 is 15.6 Å². The van der Waals surface area contributed by atoms with Crippen molar-refractivity contribution in [3.8, 4) is 0 Å². The second-order valence-corrected chi connectivity index (χ2v) is 10.8. The van der Waals surface area contributed by atoms with E-state index in [0.717, 1.165) is 16.8 Å². The van der Waals surface area contributed by atoms with Crippen LogP contribution in [0.3, 0.4) is 0 Å². The molecule has 178 valence electrons. The maximum atomic E-state index is 12.0. The Bertz CT molecular complexity index is 972. The van der Waals surface area contributed by atoms with Gasteiger partial charge in [0, 0.05) is 12.3 Å². The summed E-state index contributed by atoms with van der Waals surface area (Å²) in [4.78, 5) is 44.2. The molecule has 0 radical (unpaired) electrons. The number of hydrogen-bond acceptors (Lipinski definition) is 10. The highest BCUT2D eigenvalue weighted by atomic mass is 31.3. The van der Waals surface area contributed by atoms with Crippen LogP contribution in [0.5, 0.6) is 0 Å². The van der Waals surface area contributed by atoms with E-state index in [1.54, 1.807) is 21.1 Å². The molecule has 15 nitrogen and oxygen atoms in total. The molecule has 1 fully saturated rings. The fourth-order valence-electron chi connectivity index (χ4n) is 2.50. The summed E-state index contributed by atoms with van der Waals surface area (Å²) >= 11 is 0. The monoisotopic (exact) mass is 490 g/mol. The number of aromatic amines is 1. The Morgan fingerprint density at radius 3 is 2.32 bits per heavy atom. The van der Waals surface area contributed by atoms with Crippen molar-refractivity contribution in [1.29, 1.82) is 0 Å². The van der Waals surface area contributed by atoms with Gasteiger partial charge in [0.1, 0.15) is 31.5 Å². The molecule has 2 rings (SSSR count). The molecule has 1 aromatic rings. The first-order chi connectivity index (χ1) is 14.1. The standard InChI is InChI=1S/C14H25N3O12P2/c1-17(2,3)6-7-26-30(22,23)29-31(24,25)27-8-9-11(19)12(20)13(28-9)16-5-4-10(18)15-14(16)21/h4-5,9,11-13,19-20H,6-8H2,1-3H3,(H2-,15,18,21,22,23,24,25)/p+1. The van der Waals surface area contributed by atoms with Gasteiger partial charge >= 0.3 is 21.3 Å². The molecule has 0 amide bonds. The van der Waals surface area contributed by atoms with Crippen molar-refractivity contribution in [2.75, 3.05) is 40.9 Å². The van der Waals surface area contributed by atoms with E-state index >= 15 is 0 Å². The molecular weight excluding hydrogens is 464 g/mol. The topological polar surface area (TPSA) is 207 Å². The molecule has 1 saturated heterocycles. The number of nitrogens with one attached hydrogen (secondary N) is 1. The van der Waals surface area contributed by atoms with E-state index < -0.39 is 58.0 Å². The number of hydrogen-bond donors (Lipinski definition) is 5. The fraction of sp³-hybridized carbons (Fsp3) is 0.714. The number of nitrogens with zero attached hydrogens (tertiary/aromatic N) is 2. The van der Waals surface area contributed by atoms with Gasteiger partial charge in [-0.2, -0.15) is 4.31 Å². The fourth-order valence-corrected chi connectivity index (χ4v) is 4.57. The minimum absolute atomic E-state index is 0.247. The Morgan fingerprint density at radius 1 is 1.13 bits per heavy atom. The number of likely N-dealkylation sites (N-methyl/N-ethyl adjacent to an activating group) is 1. The lowest BCUT2D eigenvalue weighted by Gasteiger charge is -2.24. The third-order valence-corrected chi connectivity index (χ3v) is 6.72. The Hall–Kier alpha value is -1.22. The first-order valence-corrected chi connectivity index (χ1v) is 11.9. The average molecular weight is 490 g/mol. The van der Waals surface area contributed by atoms with E-state index in [9.17, 15) is 38.7 Å². The Labute approximate surface area is 176 Å². The summed E-state index contributed by atoms with van der Waals surface area (Å²) in [5.41, 5.74) is -1.61. The van der Waals surface area contributed by atoms with Crippen LogP contribution in [0.2, 0.25) is 0 Å². The van der Waals surface area contributed by atoms with Gasteiger partial charge in [0.2, 0.25) is 0 Å². The largest absolute Gasteiger partial charge is 0.481 e. The SMILES string of the molecule is C[N+](C)(C)CCOP(=O)(O)OP(=O)(O)OCC1OC(n2ccc(=O)[nH]c2=O)C(O)C1O. The van der Waals surface area contributed by atoms with Gasteiger partial charge in [-0.3, -0.25) is 23.4 Å². The van der Waals surface area contributed by atoms with Gasteiger partial charge in [0.15, 0.2) is 6.23 Å². The first-order valence-electron chi connectivity index (χ1n) is 8.90. The van der Waals surface area contributed by atoms with E-state index in [4.69, 9.17) is 4.74 Å². The molecule has 0 spiro atoms. The van der Waals surface area contributed by atoms with Crippen LogP contribution in [0.1, 0.15) is 6.23 Å². The van der Waals surface area contributed by atoms with E-state index in [1.165, 1.54) is 0 Å². The number of aliphatic hydroxyl groups excluding tert-OH is 2. The van der Waals surface area contributed by atoms with Crippen molar-refractivity contribution < 1.29 is 51.7 Å². The number of aromatic nitrogens is 2. The summed E-state index contributed by atoms with van der Waals surface area (Å²) in [5, 5.41) is 20.2. The number of phosphoric ester groups is 2. The van der Waals surface area contributed by atoms with Crippen molar-refractivity contribution in [2.45, 2.75) is 24.5 Å². The molecular formula is C14H26N3O12P2+. The quantitative estimate of drug-likeness (QED) is 0.180. The molecule has 1 aliphatic rings.